The lowest BCUT2D eigenvalue weighted by molar-refractivity contribution is -0.119. The van der Waals surface area contributed by atoms with E-state index < -0.39 is 0 Å². The van der Waals surface area contributed by atoms with Gasteiger partial charge in [0.05, 0.1) is 0 Å². The van der Waals surface area contributed by atoms with Crippen LogP contribution < -0.4 is 4.90 Å². The topological polar surface area (TPSA) is 37.4 Å². The highest BCUT2D eigenvalue weighted by molar-refractivity contribution is 5.98. The summed E-state index contributed by atoms with van der Waals surface area (Å²) in [6.07, 6.45) is 1.22. The third-order valence-electron chi connectivity index (χ3n) is 2.75. The highest BCUT2D eigenvalue weighted by Crippen LogP contribution is 2.26. The number of aryl methyl sites for hydroxylation is 1. The first kappa shape index (κ1) is 9.90. The van der Waals surface area contributed by atoms with Gasteiger partial charge in [-0.25, -0.2) is 0 Å². The fraction of sp³-hybridized carbons (Fsp3) is 0.333. The van der Waals surface area contributed by atoms with Gasteiger partial charge >= 0.3 is 0 Å². The number of benzene rings is 1. The summed E-state index contributed by atoms with van der Waals surface area (Å²) in [5, 5.41) is 0. The zero-order valence-electron chi connectivity index (χ0n) is 8.64. The van der Waals surface area contributed by atoms with Gasteiger partial charge < -0.3 is 9.69 Å². The van der Waals surface area contributed by atoms with Gasteiger partial charge in [-0.2, -0.15) is 0 Å². The van der Waals surface area contributed by atoms with E-state index in [0.717, 1.165) is 17.5 Å². The Balaban J connectivity index is 2.29. The van der Waals surface area contributed by atoms with Crippen molar-refractivity contribution in [2.24, 2.45) is 5.92 Å². The van der Waals surface area contributed by atoms with Crippen LogP contribution in [-0.2, 0) is 9.59 Å². The van der Waals surface area contributed by atoms with E-state index in [9.17, 15) is 9.59 Å². The van der Waals surface area contributed by atoms with E-state index in [4.69, 9.17) is 0 Å². The van der Waals surface area contributed by atoms with Crippen LogP contribution in [0.2, 0.25) is 0 Å². The molecule has 1 aromatic carbocycles. The Hall–Kier alpha value is -1.64. The van der Waals surface area contributed by atoms with Crippen LogP contribution in [0.3, 0.4) is 0 Å². The van der Waals surface area contributed by atoms with Gasteiger partial charge in [-0.1, -0.05) is 18.2 Å². The van der Waals surface area contributed by atoms with Crippen LogP contribution in [-0.4, -0.2) is 18.7 Å². The maximum absolute atomic E-state index is 11.7. The van der Waals surface area contributed by atoms with Crippen molar-refractivity contribution in [2.45, 2.75) is 13.3 Å². The Kier molecular flexibility index (Phi) is 2.54. The van der Waals surface area contributed by atoms with Gasteiger partial charge in [-0.05, 0) is 18.6 Å². The quantitative estimate of drug-likeness (QED) is 0.684. The minimum absolute atomic E-state index is 0.0430. The van der Waals surface area contributed by atoms with Crippen molar-refractivity contribution in [1.29, 1.82) is 0 Å². The minimum Gasteiger partial charge on any atom is -0.311 e. The normalized spacial score (nSPS) is 20.7. The third-order valence-corrected chi connectivity index (χ3v) is 2.75. The first-order valence-corrected chi connectivity index (χ1v) is 5.03. The molecule has 1 fully saturated rings. The van der Waals surface area contributed by atoms with E-state index in [0.29, 0.717) is 13.0 Å². The molecule has 1 heterocycles. The average molecular weight is 203 g/mol. The number of carbonyl (C=O) groups is 2. The van der Waals surface area contributed by atoms with Gasteiger partial charge in [0.2, 0.25) is 5.91 Å². The Morgan fingerprint density at radius 3 is 2.73 bits per heavy atom. The fourth-order valence-corrected chi connectivity index (χ4v) is 1.93. The van der Waals surface area contributed by atoms with E-state index in [2.05, 4.69) is 0 Å². The molecule has 1 saturated heterocycles. The summed E-state index contributed by atoms with van der Waals surface area (Å²) in [6, 6.07) is 7.73. The van der Waals surface area contributed by atoms with Crippen LogP contribution in [0, 0.1) is 12.8 Å². The summed E-state index contributed by atoms with van der Waals surface area (Å²) in [7, 11) is 0. The van der Waals surface area contributed by atoms with Crippen LogP contribution in [0.1, 0.15) is 12.0 Å². The second kappa shape index (κ2) is 3.85. The van der Waals surface area contributed by atoms with Crippen LogP contribution in [0.25, 0.3) is 0 Å². The Bertz CT molecular complexity index is 400. The monoisotopic (exact) mass is 203 g/mol. The Morgan fingerprint density at radius 2 is 2.13 bits per heavy atom. The van der Waals surface area contributed by atoms with Gasteiger partial charge in [-0.15, -0.1) is 0 Å². The summed E-state index contributed by atoms with van der Waals surface area (Å²) in [5.41, 5.74) is 1.99. The molecular weight excluding hydrogens is 190 g/mol. The number of amides is 1. The lowest BCUT2D eigenvalue weighted by Crippen LogP contribution is -2.25. The van der Waals surface area contributed by atoms with Crippen molar-refractivity contribution < 1.29 is 9.59 Å². The molecule has 1 atom stereocenters. The molecule has 1 aliphatic rings. The molecule has 0 N–H and O–H groups in total. The maximum atomic E-state index is 11.7. The second-order valence-corrected chi connectivity index (χ2v) is 3.89. The van der Waals surface area contributed by atoms with E-state index in [1.807, 2.05) is 31.2 Å². The molecule has 1 aliphatic heterocycles. The summed E-state index contributed by atoms with van der Waals surface area (Å²) < 4.78 is 0. The predicted octanol–water partition coefficient (Wildman–Crippen LogP) is 1.55. The Labute approximate surface area is 88.7 Å². The number of carbonyl (C=O) groups excluding carboxylic acids is 2. The van der Waals surface area contributed by atoms with Crippen molar-refractivity contribution in [3.05, 3.63) is 29.8 Å². The molecule has 0 spiro atoms. The number of aldehydes is 1. The van der Waals surface area contributed by atoms with Gasteiger partial charge in [-0.3, -0.25) is 4.79 Å². The number of nitrogens with zero attached hydrogens (tertiary/aromatic N) is 1. The molecule has 0 radical (unpaired) electrons. The fourth-order valence-electron chi connectivity index (χ4n) is 1.93. The third kappa shape index (κ3) is 1.77. The number of para-hydroxylation sites is 1. The molecule has 15 heavy (non-hydrogen) atoms. The van der Waals surface area contributed by atoms with Crippen LogP contribution in [0.4, 0.5) is 5.69 Å². The molecule has 1 aromatic rings. The summed E-state index contributed by atoms with van der Waals surface area (Å²) in [5.74, 6) is -0.0986. The van der Waals surface area contributed by atoms with Gasteiger partial charge in [0.1, 0.15) is 6.29 Å². The van der Waals surface area contributed by atoms with Crippen LogP contribution >= 0.6 is 0 Å². The summed E-state index contributed by atoms with van der Waals surface area (Å²) in [6.45, 7) is 2.49. The first-order valence-electron chi connectivity index (χ1n) is 5.03. The van der Waals surface area contributed by atoms with Crippen molar-refractivity contribution in [3.63, 3.8) is 0 Å². The lowest BCUT2D eigenvalue weighted by Gasteiger charge is -2.18. The zero-order chi connectivity index (χ0) is 10.8. The van der Waals surface area contributed by atoms with Crippen LogP contribution in [0.15, 0.2) is 24.3 Å². The predicted molar refractivity (Wildman–Crippen MR) is 57.7 cm³/mol. The average Bonchev–Trinajstić information content (AvgIpc) is 2.60. The largest absolute Gasteiger partial charge is 0.311 e. The van der Waals surface area contributed by atoms with Gasteiger partial charge in [0.25, 0.3) is 0 Å². The van der Waals surface area contributed by atoms with E-state index in [-0.39, 0.29) is 11.8 Å². The van der Waals surface area contributed by atoms with Crippen molar-refractivity contribution >= 4 is 17.9 Å². The van der Waals surface area contributed by atoms with Crippen LogP contribution in [0.5, 0.6) is 0 Å². The summed E-state index contributed by atoms with van der Waals surface area (Å²) in [4.78, 5) is 24.0. The van der Waals surface area contributed by atoms with Crippen molar-refractivity contribution in [2.75, 3.05) is 11.4 Å². The number of rotatable bonds is 2. The molecule has 0 aliphatic carbocycles. The molecule has 78 valence electrons. The van der Waals surface area contributed by atoms with Gasteiger partial charge in [0, 0.05) is 24.6 Å². The molecule has 2 rings (SSSR count). The number of anilines is 1. The van der Waals surface area contributed by atoms with E-state index >= 15 is 0 Å². The second-order valence-electron chi connectivity index (χ2n) is 3.89. The Morgan fingerprint density at radius 1 is 1.40 bits per heavy atom. The standard InChI is InChI=1S/C12H13NO2/c1-9-4-2-3-5-11(9)13-7-10(8-14)6-12(13)15/h2-5,8,10H,6-7H2,1H3. The molecule has 1 unspecified atom stereocenters. The molecule has 3 nitrogen and oxygen atoms in total. The van der Waals surface area contributed by atoms with Crippen molar-refractivity contribution in [3.8, 4) is 0 Å². The van der Waals surface area contributed by atoms with Gasteiger partial charge in [0.15, 0.2) is 0 Å². The molecule has 0 bridgehead atoms. The molecule has 1 amide bonds. The first-order chi connectivity index (χ1) is 7.22. The number of hydrogen-bond acceptors (Lipinski definition) is 2. The highest BCUT2D eigenvalue weighted by Gasteiger charge is 2.30. The van der Waals surface area contributed by atoms with E-state index in [1.54, 1.807) is 4.90 Å². The number of hydrogen-bond donors (Lipinski definition) is 0. The molecule has 0 aromatic heterocycles. The maximum Gasteiger partial charge on any atom is 0.227 e. The smallest absolute Gasteiger partial charge is 0.227 e. The molecule has 0 saturated carbocycles. The highest BCUT2D eigenvalue weighted by atomic mass is 16.2. The molecule has 3 heteroatoms. The van der Waals surface area contributed by atoms with Crippen molar-refractivity contribution in [1.82, 2.24) is 0 Å². The molecular formula is C12H13NO2. The zero-order valence-corrected chi connectivity index (χ0v) is 8.64. The summed E-state index contributed by atoms with van der Waals surface area (Å²) >= 11 is 0. The minimum atomic E-state index is -0.142. The SMILES string of the molecule is Cc1ccccc1N1CC(C=O)CC1=O. The van der Waals surface area contributed by atoms with E-state index in [1.165, 1.54) is 0 Å². The lowest BCUT2D eigenvalue weighted by atomic mass is 10.1.